The van der Waals surface area contributed by atoms with Crippen molar-refractivity contribution in [2.24, 2.45) is 0 Å². The summed E-state index contributed by atoms with van der Waals surface area (Å²) < 4.78 is 0. The molecule has 0 bridgehead atoms. The largest absolute Gasteiger partial charge is 0.390 e. The molecular weight excluding hydrogens is 178 g/mol. The Balaban J connectivity index is 0.000000791. The Morgan fingerprint density at radius 2 is 1.86 bits per heavy atom. The number of piperidine rings is 1. The highest BCUT2D eigenvalue weighted by Crippen LogP contribution is 2.22. The summed E-state index contributed by atoms with van der Waals surface area (Å²) in [6.07, 6.45) is 2.18. The van der Waals surface area contributed by atoms with Crippen LogP contribution in [0.1, 0.15) is 33.6 Å². The Kier molecular flexibility index (Phi) is 5.46. The van der Waals surface area contributed by atoms with E-state index in [9.17, 15) is 9.90 Å². The van der Waals surface area contributed by atoms with E-state index in [2.05, 4.69) is 6.58 Å². The van der Waals surface area contributed by atoms with E-state index in [0.717, 1.165) is 19.4 Å². The molecule has 0 aromatic carbocycles. The maximum absolute atomic E-state index is 10.4. The number of hydrogen-bond donors (Lipinski definition) is 1. The van der Waals surface area contributed by atoms with Gasteiger partial charge in [-0.05, 0) is 19.8 Å². The van der Waals surface area contributed by atoms with Gasteiger partial charge in [0.15, 0.2) is 6.29 Å². The molecule has 14 heavy (non-hydrogen) atoms. The molecule has 3 nitrogen and oxygen atoms in total. The third-order valence-electron chi connectivity index (χ3n) is 2.38. The molecule has 1 fully saturated rings. The molecule has 0 spiro atoms. The second-order valence-corrected chi connectivity index (χ2v) is 3.59. The molecule has 1 heterocycles. The Labute approximate surface area is 86.4 Å². The quantitative estimate of drug-likeness (QED) is 0.542. The van der Waals surface area contributed by atoms with Crippen LogP contribution in [0, 0.1) is 0 Å². The first kappa shape index (κ1) is 13.2. The number of carbonyl (C=O) groups excluding carboxylic acids is 1. The van der Waals surface area contributed by atoms with Gasteiger partial charge in [0, 0.05) is 13.1 Å². The molecule has 3 heteroatoms. The normalized spacial score (nSPS) is 19.3. The number of allylic oxidation sites excluding steroid dienone is 1. The van der Waals surface area contributed by atoms with Gasteiger partial charge >= 0.3 is 0 Å². The van der Waals surface area contributed by atoms with Crippen molar-refractivity contribution in [1.29, 1.82) is 0 Å². The van der Waals surface area contributed by atoms with Crippen LogP contribution in [-0.2, 0) is 4.79 Å². The van der Waals surface area contributed by atoms with Gasteiger partial charge in [0.2, 0.25) is 0 Å². The van der Waals surface area contributed by atoms with Gasteiger partial charge in [-0.3, -0.25) is 4.79 Å². The molecule has 0 saturated carbocycles. The summed E-state index contributed by atoms with van der Waals surface area (Å²) >= 11 is 0. The van der Waals surface area contributed by atoms with Crippen molar-refractivity contribution in [3.05, 3.63) is 12.3 Å². The van der Waals surface area contributed by atoms with Crippen molar-refractivity contribution in [2.75, 3.05) is 13.1 Å². The second kappa shape index (κ2) is 5.81. The van der Waals surface area contributed by atoms with Crippen LogP contribution in [0.3, 0.4) is 0 Å². The summed E-state index contributed by atoms with van der Waals surface area (Å²) in [5.74, 6) is 0. The summed E-state index contributed by atoms with van der Waals surface area (Å²) in [7, 11) is 0. The van der Waals surface area contributed by atoms with Crippen molar-refractivity contribution in [2.45, 2.75) is 39.2 Å². The van der Waals surface area contributed by atoms with Crippen LogP contribution in [-0.4, -0.2) is 35.0 Å². The van der Waals surface area contributed by atoms with Crippen LogP contribution < -0.4 is 0 Å². The van der Waals surface area contributed by atoms with Crippen molar-refractivity contribution in [1.82, 2.24) is 4.90 Å². The first-order valence-corrected chi connectivity index (χ1v) is 5.16. The minimum atomic E-state index is -0.556. The Hall–Kier alpha value is -0.830. The van der Waals surface area contributed by atoms with E-state index in [1.807, 2.05) is 25.7 Å². The lowest BCUT2D eigenvalue weighted by Crippen LogP contribution is -2.41. The molecule has 0 aromatic rings. The zero-order valence-electron chi connectivity index (χ0n) is 9.42. The van der Waals surface area contributed by atoms with Crippen molar-refractivity contribution < 1.29 is 9.90 Å². The van der Waals surface area contributed by atoms with Crippen LogP contribution in [0.25, 0.3) is 0 Å². The van der Waals surface area contributed by atoms with Crippen LogP contribution >= 0.6 is 0 Å². The van der Waals surface area contributed by atoms with Gasteiger partial charge in [-0.2, -0.15) is 0 Å². The van der Waals surface area contributed by atoms with Gasteiger partial charge in [-0.25, -0.2) is 0 Å². The number of nitrogens with zero attached hydrogens (tertiary/aromatic N) is 1. The van der Waals surface area contributed by atoms with Gasteiger partial charge in [-0.1, -0.05) is 20.4 Å². The van der Waals surface area contributed by atoms with E-state index in [1.54, 1.807) is 0 Å². The highest BCUT2D eigenvalue weighted by atomic mass is 16.3. The van der Waals surface area contributed by atoms with Crippen molar-refractivity contribution in [3.63, 3.8) is 0 Å². The monoisotopic (exact) mass is 199 g/mol. The SMILES string of the molecule is C=C(C=O)N1CCC(C)(O)CC1.CC. The zero-order valence-corrected chi connectivity index (χ0v) is 9.42. The summed E-state index contributed by atoms with van der Waals surface area (Å²) in [6.45, 7) is 10.9. The van der Waals surface area contributed by atoms with E-state index in [0.29, 0.717) is 18.5 Å². The maximum Gasteiger partial charge on any atom is 0.165 e. The summed E-state index contributed by atoms with van der Waals surface area (Å²) in [5, 5.41) is 9.60. The van der Waals surface area contributed by atoms with Crippen LogP contribution in [0.2, 0.25) is 0 Å². The fourth-order valence-corrected chi connectivity index (χ4v) is 1.35. The molecule has 0 aromatic heterocycles. The molecule has 0 aliphatic carbocycles. The third-order valence-corrected chi connectivity index (χ3v) is 2.38. The smallest absolute Gasteiger partial charge is 0.165 e. The summed E-state index contributed by atoms with van der Waals surface area (Å²) in [5.41, 5.74) is -0.0369. The Bertz CT molecular complexity index is 189. The van der Waals surface area contributed by atoms with Crippen molar-refractivity contribution in [3.8, 4) is 0 Å². The number of aldehydes is 1. The Morgan fingerprint density at radius 3 is 2.21 bits per heavy atom. The lowest BCUT2D eigenvalue weighted by molar-refractivity contribution is -0.106. The molecule has 0 unspecified atom stereocenters. The molecule has 1 aliphatic rings. The number of hydrogen-bond acceptors (Lipinski definition) is 3. The maximum atomic E-state index is 10.4. The van der Waals surface area contributed by atoms with E-state index < -0.39 is 5.60 Å². The van der Waals surface area contributed by atoms with Crippen LogP contribution in [0.15, 0.2) is 12.3 Å². The van der Waals surface area contributed by atoms with E-state index >= 15 is 0 Å². The molecule has 1 rings (SSSR count). The number of rotatable bonds is 2. The van der Waals surface area contributed by atoms with Crippen LogP contribution in [0.5, 0.6) is 0 Å². The van der Waals surface area contributed by atoms with Gasteiger partial charge in [0.05, 0.1) is 11.3 Å². The summed E-state index contributed by atoms with van der Waals surface area (Å²) in [4.78, 5) is 12.3. The van der Waals surface area contributed by atoms with Crippen LogP contribution in [0.4, 0.5) is 0 Å². The minimum absolute atomic E-state index is 0.519. The predicted molar refractivity (Wildman–Crippen MR) is 58.0 cm³/mol. The second-order valence-electron chi connectivity index (χ2n) is 3.59. The van der Waals surface area contributed by atoms with E-state index in [1.165, 1.54) is 0 Å². The minimum Gasteiger partial charge on any atom is -0.390 e. The molecule has 1 aliphatic heterocycles. The van der Waals surface area contributed by atoms with Gasteiger partial charge in [-0.15, -0.1) is 0 Å². The molecule has 0 amide bonds. The van der Waals surface area contributed by atoms with Crippen molar-refractivity contribution >= 4 is 6.29 Å². The summed E-state index contributed by atoms with van der Waals surface area (Å²) in [6, 6.07) is 0. The highest BCUT2D eigenvalue weighted by Gasteiger charge is 2.27. The van der Waals surface area contributed by atoms with Gasteiger partial charge in [0.1, 0.15) is 0 Å². The van der Waals surface area contributed by atoms with E-state index in [4.69, 9.17) is 0 Å². The van der Waals surface area contributed by atoms with Gasteiger partial charge in [0.25, 0.3) is 0 Å². The fourth-order valence-electron chi connectivity index (χ4n) is 1.35. The molecular formula is C11H21NO2. The molecule has 82 valence electrons. The fraction of sp³-hybridized carbons (Fsp3) is 0.727. The molecule has 0 atom stereocenters. The predicted octanol–water partition coefficient (Wildman–Crippen LogP) is 1.57. The number of aliphatic hydroxyl groups is 1. The molecule has 1 N–H and O–H groups in total. The van der Waals surface area contributed by atoms with Gasteiger partial charge < -0.3 is 10.0 Å². The molecule has 0 radical (unpaired) electrons. The Morgan fingerprint density at radius 1 is 1.43 bits per heavy atom. The number of carbonyl (C=O) groups is 1. The molecule has 1 saturated heterocycles. The first-order chi connectivity index (χ1) is 6.55. The number of likely N-dealkylation sites (tertiary alicyclic amines) is 1. The third kappa shape index (κ3) is 3.92. The average molecular weight is 199 g/mol. The lowest BCUT2D eigenvalue weighted by atomic mass is 9.94. The topological polar surface area (TPSA) is 40.5 Å². The highest BCUT2D eigenvalue weighted by molar-refractivity contribution is 5.71. The lowest BCUT2D eigenvalue weighted by Gasteiger charge is -2.36. The standard InChI is InChI=1S/C9H15NO2.C2H6/c1-8(7-11)10-5-3-9(2,12)4-6-10;1-2/h7,12H,1,3-6H2,2H3;1-2H3. The zero-order chi connectivity index (χ0) is 11.2. The van der Waals surface area contributed by atoms with E-state index in [-0.39, 0.29) is 0 Å². The average Bonchev–Trinajstić information content (AvgIpc) is 2.20. The first-order valence-electron chi connectivity index (χ1n) is 5.16.